The second kappa shape index (κ2) is 11.9. The molecule has 0 bridgehead atoms. The van der Waals surface area contributed by atoms with Crippen LogP contribution in [0.25, 0.3) is 10.8 Å². The van der Waals surface area contributed by atoms with Gasteiger partial charge in [-0.25, -0.2) is 4.39 Å². The lowest BCUT2D eigenvalue weighted by Crippen LogP contribution is -2.63. The van der Waals surface area contributed by atoms with Crippen molar-refractivity contribution in [3.63, 3.8) is 0 Å². The lowest BCUT2D eigenvalue weighted by Gasteiger charge is -2.50. The summed E-state index contributed by atoms with van der Waals surface area (Å²) in [5.74, 6) is -8.29. The molecular weight excluding hydrogens is 569 g/mol. The maximum absolute atomic E-state index is 16.1. The van der Waals surface area contributed by atoms with Crippen molar-refractivity contribution in [2.24, 2.45) is 17.6 Å². The number of benzene rings is 2. The summed E-state index contributed by atoms with van der Waals surface area (Å²) in [7, 11) is 3.10. The number of hydrogen-bond acceptors (Lipinski definition) is 9. The number of amides is 1. The third kappa shape index (κ3) is 4.87. The molecule has 0 spiro atoms. The molecule has 10 nitrogen and oxygen atoms in total. The number of carbonyl (C=O) groups excluding carboxylic acids is 3. The summed E-state index contributed by atoms with van der Waals surface area (Å²) in [6.07, 6.45) is 5.50. The number of aliphatic hydroxyl groups excluding tert-OH is 2. The first kappa shape index (κ1) is 31.6. The molecule has 236 valence electrons. The van der Waals surface area contributed by atoms with E-state index in [4.69, 9.17) is 5.73 Å². The van der Waals surface area contributed by atoms with E-state index < -0.39 is 69.6 Å². The molecule has 0 aromatic heterocycles. The van der Waals surface area contributed by atoms with Crippen LogP contribution in [-0.4, -0.2) is 75.1 Å². The molecule has 5 rings (SSSR count). The molecule has 0 saturated heterocycles. The predicted octanol–water partition coefficient (Wildman–Crippen LogP) is 3.47. The highest BCUT2D eigenvalue weighted by atomic mass is 19.1. The molecule has 4 atom stereocenters. The highest BCUT2D eigenvalue weighted by Gasteiger charge is 2.63. The van der Waals surface area contributed by atoms with E-state index in [1.165, 1.54) is 24.2 Å². The van der Waals surface area contributed by atoms with Gasteiger partial charge in [-0.2, -0.15) is 0 Å². The van der Waals surface area contributed by atoms with Gasteiger partial charge in [-0.05, 0) is 57.5 Å². The number of ketones is 2. The van der Waals surface area contributed by atoms with Crippen molar-refractivity contribution in [1.29, 1.82) is 0 Å². The Morgan fingerprint density at radius 1 is 1.11 bits per heavy atom. The predicted molar refractivity (Wildman–Crippen MR) is 162 cm³/mol. The van der Waals surface area contributed by atoms with Crippen LogP contribution in [0.3, 0.4) is 0 Å². The Balaban J connectivity index is 1.54. The molecule has 1 unspecified atom stereocenters. The quantitative estimate of drug-likeness (QED) is 0.174. The molecule has 7 N–H and O–H groups in total. The largest absolute Gasteiger partial charge is 0.510 e. The summed E-state index contributed by atoms with van der Waals surface area (Å²) >= 11 is 0. The standard InChI is InChI=1S/C33H40FN3O7/c1-4-5-6-7-8-11-36-15-16-9-10-18-19(12-16)27(38)23-20(25(18)34)13-17-14-21-26(37(2)3)29(40)24(32(35)43)31(42)33(21,44)30(41)22(17)28(23)39/h9-10,12,17,21,26,36,38,40-41,44H,4-8,11,13-15H2,1-3H3,(H2,35,43)/t17-,21?,26-,33-/m0/s1. The molecule has 2 aromatic rings. The van der Waals surface area contributed by atoms with E-state index >= 15 is 4.39 Å². The fraction of sp³-hybridized carbons (Fsp3) is 0.485. The van der Waals surface area contributed by atoms with Crippen molar-refractivity contribution in [2.45, 2.75) is 70.1 Å². The fourth-order valence-corrected chi connectivity index (χ4v) is 7.31. The number of phenolic OH excluding ortho intramolecular Hbond substituents is 1. The van der Waals surface area contributed by atoms with Gasteiger partial charge in [0, 0.05) is 34.4 Å². The average molecular weight is 610 g/mol. The number of aromatic hydroxyl groups is 1. The molecule has 11 heteroatoms. The summed E-state index contributed by atoms with van der Waals surface area (Å²) in [5, 5.41) is 49.0. The van der Waals surface area contributed by atoms with Crippen molar-refractivity contribution in [3.05, 3.63) is 63.4 Å². The zero-order valence-electron chi connectivity index (χ0n) is 25.2. The van der Waals surface area contributed by atoms with Crippen LogP contribution in [0, 0.1) is 17.7 Å². The highest BCUT2D eigenvalue weighted by Crippen LogP contribution is 2.53. The third-order valence-electron chi connectivity index (χ3n) is 9.48. The molecule has 44 heavy (non-hydrogen) atoms. The number of nitrogens with zero attached hydrogens (tertiary/aromatic N) is 1. The van der Waals surface area contributed by atoms with Gasteiger partial charge in [-0.3, -0.25) is 19.3 Å². The van der Waals surface area contributed by atoms with Crippen LogP contribution in [0.1, 0.15) is 66.9 Å². The van der Waals surface area contributed by atoms with Crippen molar-refractivity contribution in [1.82, 2.24) is 10.2 Å². The third-order valence-corrected chi connectivity index (χ3v) is 9.48. The first-order valence-corrected chi connectivity index (χ1v) is 15.2. The van der Waals surface area contributed by atoms with Crippen LogP contribution < -0.4 is 11.1 Å². The number of phenols is 1. The smallest absolute Gasteiger partial charge is 0.255 e. The Kier molecular flexibility index (Phi) is 8.58. The van der Waals surface area contributed by atoms with Gasteiger partial charge in [0.05, 0.1) is 11.6 Å². The number of halogens is 1. The summed E-state index contributed by atoms with van der Waals surface area (Å²) in [6.45, 7) is 3.45. The van der Waals surface area contributed by atoms with Crippen LogP contribution in [-0.2, 0) is 22.6 Å². The minimum Gasteiger partial charge on any atom is -0.510 e. The average Bonchev–Trinajstić information content (AvgIpc) is 2.96. The number of carbonyl (C=O) groups is 3. The van der Waals surface area contributed by atoms with E-state index in [1.807, 2.05) is 0 Å². The molecule has 3 aliphatic rings. The Labute approximate surface area is 255 Å². The molecule has 2 aromatic carbocycles. The van der Waals surface area contributed by atoms with Crippen molar-refractivity contribution in [2.75, 3.05) is 20.6 Å². The van der Waals surface area contributed by atoms with E-state index in [1.54, 1.807) is 32.3 Å². The summed E-state index contributed by atoms with van der Waals surface area (Å²) in [4.78, 5) is 41.0. The van der Waals surface area contributed by atoms with Gasteiger partial charge in [0.1, 0.15) is 28.7 Å². The van der Waals surface area contributed by atoms with Gasteiger partial charge in [0.25, 0.3) is 5.91 Å². The number of allylic oxidation sites excluding steroid dienone is 1. The number of nitrogens with one attached hydrogen (secondary N) is 1. The number of nitrogens with two attached hydrogens (primary N) is 1. The maximum Gasteiger partial charge on any atom is 0.255 e. The van der Waals surface area contributed by atoms with Gasteiger partial charge in [-0.15, -0.1) is 0 Å². The van der Waals surface area contributed by atoms with E-state index in [2.05, 4.69) is 12.2 Å². The Morgan fingerprint density at radius 2 is 1.82 bits per heavy atom. The van der Waals surface area contributed by atoms with E-state index in [0.29, 0.717) is 6.54 Å². The number of rotatable bonds is 10. The number of fused-ring (bicyclic) bond motifs is 4. The number of unbranched alkanes of at least 4 members (excludes halogenated alkanes) is 4. The molecule has 0 aliphatic heterocycles. The van der Waals surface area contributed by atoms with Crippen LogP contribution in [0.15, 0.2) is 40.9 Å². The molecule has 3 aliphatic carbocycles. The van der Waals surface area contributed by atoms with Crippen LogP contribution in [0.5, 0.6) is 5.75 Å². The second-order valence-electron chi connectivity index (χ2n) is 12.5. The molecular formula is C33H40FN3O7. The minimum absolute atomic E-state index is 0.0222. The molecule has 1 amide bonds. The topological polar surface area (TPSA) is 173 Å². The summed E-state index contributed by atoms with van der Waals surface area (Å²) < 4.78 is 16.1. The maximum atomic E-state index is 16.1. The Hall–Kier alpha value is -3.80. The zero-order valence-corrected chi connectivity index (χ0v) is 25.2. The van der Waals surface area contributed by atoms with Gasteiger partial charge in [0.15, 0.2) is 11.4 Å². The Morgan fingerprint density at radius 3 is 2.48 bits per heavy atom. The Bertz CT molecular complexity index is 1610. The van der Waals surface area contributed by atoms with Gasteiger partial charge in [0.2, 0.25) is 5.78 Å². The first-order chi connectivity index (χ1) is 20.9. The van der Waals surface area contributed by atoms with Crippen molar-refractivity contribution >= 4 is 28.2 Å². The molecule has 0 radical (unpaired) electrons. The van der Waals surface area contributed by atoms with E-state index in [9.17, 15) is 34.8 Å². The first-order valence-electron chi connectivity index (χ1n) is 15.2. The van der Waals surface area contributed by atoms with Crippen molar-refractivity contribution < 1.29 is 39.2 Å². The number of likely N-dealkylation sites (N-methyl/N-ethyl adjacent to an activating group) is 1. The van der Waals surface area contributed by atoms with Gasteiger partial charge in [-0.1, -0.05) is 44.7 Å². The lowest BCUT2D eigenvalue weighted by atomic mass is 9.58. The normalized spacial score (nSPS) is 25.0. The van der Waals surface area contributed by atoms with Crippen molar-refractivity contribution in [3.8, 4) is 5.75 Å². The van der Waals surface area contributed by atoms with Crippen LogP contribution in [0.4, 0.5) is 4.39 Å². The minimum atomic E-state index is -2.75. The molecule has 0 saturated carbocycles. The van der Waals surface area contributed by atoms with E-state index in [-0.39, 0.29) is 40.3 Å². The van der Waals surface area contributed by atoms with E-state index in [0.717, 1.165) is 24.9 Å². The highest BCUT2D eigenvalue weighted by molar-refractivity contribution is 6.25. The number of hydrogen-bond donors (Lipinski definition) is 6. The number of aliphatic hydroxyl groups is 3. The number of primary amides is 1. The number of Topliss-reactive ketones (excluding diaryl/α,β-unsaturated/α-hetero) is 2. The SMILES string of the molecule is CCCCCCCNCc1ccc2c(F)c3c(c(O)c2c1)C(=O)C1=C(O)[C@]2(O)C(=O)C(C(N)=O)=C(O)[C@@H](N(C)C)C2C[C@@H]1C3. The van der Waals surface area contributed by atoms with Crippen LogP contribution >= 0.6 is 0 Å². The monoisotopic (exact) mass is 609 g/mol. The lowest BCUT2D eigenvalue weighted by molar-refractivity contribution is -0.148. The fourth-order valence-electron chi connectivity index (χ4n) is 7.31. The molecule has 0 heterocycles. The summed E-state index contributed by atoms with van der Waals surface area (Å²) in [6, 6.07) is 3.85. The molecule has 0 fully saturated rings. The van der Waals surface area contributed by atoms with Crippen LogP contribution in [0.2, 0.25) is 0 Å². The summed E-state index contributed by atoms with van der Waals surface area (Å²) in [5.41, 5.74) is 1.86. The van der Waals surface area contributed by atoms with Gasteiger partial charge >= 0.3 is 0 Å². The second-order valence-corrected chi connectivity index (χ2v) is 12.5. The van der Waals surface area contributed by atoms with Gasteiger partial charge < -0.3 is 31.5 Å². The zero-order chi connectivity index (χ0) is 32.1.